The van der Waals surface area contributed by atoms with Gasteiger partial charge in [-0.05, 0) is 68.0 Å². The lowest BCUT2D eigenvalue weighted by molar-refractivity contribution is -0.123. The highest BCUT2D eigenvalue weighted by Crippen LogP contribution is 2.69. The van der Waals surface area contributed by atoms with Crippen molar-refractivity contribution in [1.29, 1.82) is 0 Å². The van der Waals surface area contributed by atoms with E-state index in [0.717, 1.165) is 40.7 Å². The van der Waals surface area contributed by atoms with Crippen molar-refractivity contribution in [2.24, 2.45) is 29.6 Å². The van der Waals surface area contributed by atoms with E-state index in [4.69, 9.17) is 12.2 Å². The monoisotopic (exact) mass is 318 g/mol. The molecule has 0 radical (unpaired) electrons. The molecule has 6 heteroatoms. The first-order valence-corrected chi connectivity index (χ1v) is 9.08. The fourth-order valence-electron chi connectivity index (χ4n) is 5.31. The Balaban J connectivity index is 1.17. The Morgan fingerprint density at radius 1 is 1.27 bits per heavy atom. The third-order valence-electron chi connectivity index (χ3n) is 6.38. The molecule has 118 valence electrons. The molecule has 0 spiro atoms. The normalized spacial score (nSPS) is 38.1. The van der Waals surface area contributed by atoms with Gasteiger partial charge in [0.15, 0.2) is 4.77 Å². The Labute approximate surface area is 134 Å². The molecule has 5 rings (SSSR count). The molecule has 2 N–H and O–H groups in total. The van der Waals surface area contributed by atoms with Gasteiger partial charge in [0.2, 0.25) is 5.91 Å². The van der Waals surface area contributed by atoms with Crippen LogP contribution in [-0.2, 0) is 11.2 Å². The Hall–Kier alpha value is -1.17. The van der Waals surface area contributed by atoms with Crippen molar-refractivity contribution < 1.29 is 4.79 Å². The maximum absolute atomic E-state index is 12.4. The van der Waals surface area contributed by atoms with E-state index in [1.165, 1.54) is 32.1 Å². The lowest BCUT2D eigenvalue weighted by Crippen LogP contribution is -2.30. The van der Waals surface area contributed by atoms with Gasteiger partial charge in [-0.25, -0.2) is 0 Å². The van der Waals surface area contributed by atoms with E-state index in [2.05, 4.69) is 20.1 Å². The first-order chi connectivity index (χ1) is 10.7. The molecule has 5 nitrogen and oxygen atoms in total. The van der Waals surface area contributed by atoms with Crippen molar-refractivity contribution in [3.63, 3.8) is 0 Å². The fourth-order valence-corrected chi connectivity index (χ4v) is 5.61. The van der Waals surface area contributed by atoms with E-state index >= 15 is 0 Å². The minimum absolute atomic E-state index is 0.290. The van der Waals surface area contributed by atoms with Crippen LogP contribution in [0.5, 0.6) is 0 Å². The molecule has 0 saturated heterocycles. The van der Waals surface area contributed by atoms with E-state index in [1.54, 1.807) is 0 Å². The van der Waals surface area contributed by atoms with Gasteiger partial charge in [-0.15, -0.1) is 0 Å². The predicted octanol–water partition coefficient (Wildman–Crippen LogP) is 2.23. The molecule has 1 amide bonds. The summed E-state index contributed by atoms with van der Waals surface area (Å²) >= 11 is 5.29. The smallest absolute Gasteiger partial charge is 0.223 e. The van der Waals surface area contributed by atoms with Crippen LogP contribution in [0, 0.1) is 34.4 Å². The summed E-state index contributed by atoms with van der Waals surface area (Å²) in [7, 11) is 0. The molecule has 0 aromatic carbocycles. The van der Waals surface area contributed by atoms with E-state index in [9.17, 15) is 4.79 Å². The second-order valence-corrected chi connectivity index (χ2v) is 7.99. The van der Waals surface area contributed by atoms with Crippen molar-refractivity contribution in [3.05, 3.63) is 10.6 Å². The average molecular weight is 318 g/mol. The molecular weight excluding hydrogens is 296 g/mol. The zero-order valence-corrected chi connectivity index (χ0v) is 13.4. The zero-order chi connectivity index (χ0) is 14.8. The van der Waals surface area contributed by atoms with Crippen molar-refractivity contribution in [1.82, 2.24) is 20.1 Å². The van der Waals surface area contributed by atoms with Crippen molar-refractivity contribution in [2.45, 2.75) is 44.6 Å². The van der Waals surface area contributed by atoms with Gasteiger partial charge in [0.1, 0.15) is 5.82 Å². The van der Waals surface area contributed by atoms with Crippen LogP contribution in [0.3, 0.4) is 0 Å². The second kappa shape index (κ2) is 4.66. The molecule has 4 saturated carbocycles. The number of nitrogens with one attached hydrogen (secondary N) is 2. The predicted molar refractivity (Wildman–Crippen MR) is 83.7 cm³/mol. The molecule has 1 aromatic heterocycles. The summed E-state index contributed by atoms with van der Waals surface area (Å²) in [6, 6.07) is 0.537. The van der Waals surface area contributed by atoms with Crippen LogP contribution < -0.4 is 5.32 Å². The van der Waals surface area contributed by atoms with Gasteiger partial charge in [-0.1, -0.05) is 0 Å². The number of aromatic nitrogens is 3. The summed E-state index contributed by atoms with van der Waals surface area (Å²) in [4.78, 5) is 12.4. The number of hydrogen-bond acceptors (Lipinski definition) is 3. The van der Waals surface area contributed by atoms with Gasteiger partial charge in [-0.3, -0.25) is 9.89 Å². The van der Waals surface area contributed by atoms with Crippen molar-refractivity contribution in [2.75, 3.05) is 6.54 Å². The summed E-state index contributed by atoms with van der Waals surface area (Å²) < 4.78 is 2.85. The van der Waals surface area contributed by atoms with Crippen LogP contribution >= 0.6 is 12.2 Å². The van der Waals surface area contributed by atoms with Gasteiger partial charge in [-0.2, -0.15) is 5.10 Å². The Morgan fingerprint density at radius 3 is 2.68 bits per heavy atom. The lowest BCUT2D eigenvalue weighted by atomic mass is 10.0. The van der Waals surface area contributed by atoms with E-state index < -0.39 is 0 Å². The average Bonchev–Trinajstić information content (AvgIpc) is 3.38. The van der Waals surface area contributed by atoms with Gasteiger partial charge in [0.05, 0.1) is 0 Å². The number of carbonyl (C=O) groups excluding carboxylic acids is 1. The molecule has 0 unspecified atom stereocenters. The number of nitrogens with zero attached hydrogens (tertiary/aromatic N) is 2. The second-order valence-electron chi connectivity index (χ2n) is 7.60. The van der Waals surface area contributed by atoms with Gasteiger partial charge >= 0.3 is 0 Å². The number of H-pyrrole nitrogens is 1. The number of fused-ring (bicyclic) bond motifs is 5. The molecule has 4 aliphatic carbocycles. The first-order valence-electron chi connectivity index (χ1n) is 8.67. The van der Waals surface area contributed by atoms with E-state index in [-0.39, 0.29) is 0 Å². The Morgan fingerprint density at radius 2 is 2.00 bits per heavy atom. The van der Waals surface area contributed by atoms with Crippen LogP contribution in [0.2, 0.25) is 0 Å². The van der Waals surface area contributed by atoms with Gasteiger partial charge < -0.3 is 9.88 Å². The Kier molecular flexibility index (Phi) is 2.82. The molecular formula is C16H22N4OS. The van der Waals surface area contributed by atoms with Crippen LogP contribution in [0.1, 0.15) is 44.0 Å². The minimum Gasteiger partial charge on any atom is -0.355 e. The number of hydrogen-bond donors (Lipinski definition) is 2. The summed E-state index contributed by atoms with van der Waals surface area (Å²) in [6.45, 7) is 0.677. The first kappa shape index (κ1) is 13.3. The highest BCUT2D eigenvalue weighted by molar-refractivity contribution is 7.71. The maximum atomic E-state index is 12.4. The van der Waals surface area contributed by atoms with Crippen LogP contribution in [0.25, 0.3) is 0 Å². The topological polar surface area (TPSA) is 62.7 Å². The highest BCUT2D eigenvalue weighted by atomic mass is 32.1. The zero-order valence-electron chi connectivity index (χ0n) is 12.6. The highest BCUT2D eigenvalue weighted by Gasteiger charge is 2.67. The lowest BCUT2D eigenvalue weighted by Gasteiger charge is -2.10. The van der Waals surface area contributed by atoms with Crippen LogP contribution in [0.4, 0.5) is 0 Å². The molecule has 2 bridgehead atoms. The van der Waals surface area contributed by atoms with Crippen molar-refractivity contribution >= 4 is 18.1 Å². The van der Waals surface area contributed by atoms with E-state index in [1.807, 2.05) is 0 Å². The molecule has 0 aliphatic heterocycles. The maximum Gasteiger partial charge on any atom is 0.223 e. The standard InChI is InChI=1S/C16H22N4OS/c21-15(14-12-8-1-2-9(7-8)13(12)14)17-6-5-11-18-19-16(22)20(11)10-3-4-10/h8-10,12-14H,1-7H2,(H,17,21)(H,19,22)/t8-,9-,12-,13-/m0/s1. The molecule has 1 heterocycles. The SMILES string of the molecule is O=C(NCCc1n[nH]c(=S)n1C1CC1)C1[C@H]2[C@H]3CC[C@@H](C3)[C@H]12. The molecule has 4 aliphatic rings. The van der Waals surface area contributed by atoms with Gasteiger partial charge in [0.25, 0.3) is 0 Å². The summed E-state index contributed by atoms with van der Waals surface area (Å²) in [5, 5.41) is 10.4. The van der Waals surface area contributed by atoms with E-state index in [0.29, 0.717) is 24.4 Å². The third kappa shape index (κ3) is 1.92. The quantitative estimate of drug-likeness (QED) is 0.818. The number of aromatic amines is 1. The largest absolute Gasteiger partial charge is 0.355 e. The fraction of sp³-hybridized carbons (Fsp3) is 0.812. The summed E-state index contributed by atoms with van der Waals surface area (Å²) in [6.07, 6.45) is 7.29. The number of amides is 1. The molecule has 22 heavy (non-hydrogen) atoms. The van der Waals surface area contributed by atoms with Crippen molar-refractivity contribution in [3.8, 4) is 0 Å². The summed E-state index contributed by atoms with van der Waals surface area (Å²) in [5.41, 5.74) is 0. The minimum atomic E-state index is 0.290. The van der Waals surface area contributed by atoms with Crippen LogP contribution in [0.15, 0.2) is 0 Å². The molecule has 1 aromatic rings. The number of carbonyl (C=O) groups is 1. The summed E-state index contributed by atoms with van der Waals surface area (Å²) in [5.74, 6) is 4.77. The molecule has 4 fully saturated rings. The third-order valence-corrected chi connectivity index (χ3v) is 6.66. The Bertz CT molecular complexity index is 660. The molecule has 4 atom stereocenters. The van der Waals surface area contributed by atoms with Crippen LogP contribution in [-0.4, -0.2) is 27.2 Å². The van der Waals surface area contributed by atoms with Gasteiger partial charge in [0, 0.05) is 24.9 Å². The number of rotatable bonds is 5.